The van der Waals surface area contributed by atoms with Gasteiger partial charge in [0.15, 0.2) is 0 Å². The van der Waals surface area contributed by atoms with Gasteiger partial charge in [-0.15, -0.1) is 0 Å². The smallest absolute Gasteiger partial charge is 0.206 e. The van der Waals surface area contributed by atoms with Crippen LogP contribution in [-0.4, -0.2) is 14.0 Å². The van der Waals surface area contributed by atoms with Crippen LogP contribution in [0.2, 0.25) is 0 Å². The van der Waals surface area contributed by atoms with Gasteiger partial charge in [0.25, 0.3) is 0 Å². The minimum Gasteiger partial charge on any atom is -0.488 e. The fourth-order valence-electron chi connectivity index (χ4n) is 9.33. The van der Waals surface area contributed by atoms with Gasteiger partial charge >= 0.3 is 0 Å². The van der Waals surface area contributed by atoms with E-state index < -0.39 is 9.84 Å². The molecule has 252 valence electrons. The molecule has 4 aromatic carbocycles. The molecule has 4 nitrogen and oxygen atoms in total. The zero-order valence-corrected chi connectivity index (χ0v) is 30.5. The third kappa shape index (κ3) is 5.66. The first-order valence-corrected chi connectivity index (χ1v) is 19.3. The second kappa shape index (κ2) is 11.5. The monoisotopic (exact) mass is 662 g/mol. The minimum absolute atomic E-state index is 0.137. The quantitative estimate of drug-likeness (QED) is 0.170. The summed E-state index contributed by atoms with van der Waals surface area (Å²) in [5.74, 6) is 2.98. The maximum atomic E-state index is 13.8. The Labute approximate surface area is 287 Å². The average Bonchev–Trinajstić information content (AvgIpc) is 3.03. The molecule has 0 amide bonds. The minimum atomic E-state index is -3.69. The lowest BCUT2D eigenvalue weighted by molar-refractivity contribution is 0.0802. The van der Waals surface area contributed by atoms with Gasteiger partial charge in [-0.2, -0.15) is 0 Å². The molecule has 0 aliphatic heterocycles. The molecular formula is C43H50O4S. The Balaban J connectivity index is 1.16. The number of hydrogen-bond acceptors (Lipinski definition) is 4. The zero-order chi connectivity index (χ0) is 34.1. The summed E-state index contributed by atoms with van der Waals surface area (Å²) in [6.45, 7) is 15.7. The number of hydrogen-bond donors (Lipinski definition) is 0. The van der Waals surface area contributed by atoms with Gasteiger partial charge < -0.3 is 9.47 Å². The fourth-order valence-corrected chi connectivity index (χ4v) is 10.6. The number of ether oxygens (including phenoxy) is 2. The van der Waals surface area contributed by atoms with Gasteiger partial charge in [0, 0.05) is 10.8 Å². The van der Waals surface area contributed by atoms with Crippen molar-refractivity contribution in [3.8, 4) is 17.2 Å². The van der Waals surface area contributed by atoms with Crippen LogP contribution >= 0.6 is 0 Å². The van der Waals surface area contributed by atoms with Crippen molar-refractivity contribution in [3.05, 3.63) is 113 Å². The molecule has 5 heteroatoms. The highest BCUT2D eigenvalue weighted by atomic mass is 32.2. The SMILES string of the molecule is CCC(C)(CC)Oc1ccc(S(=O)(=O)c2ccc(C3(c4ccc(Oc5cc6c7c(c5)CC7(C)C6)cc4)CC(C)CC(C)(C)C3)cc2)cc1. The third-order valence-electron chi connectivity index (χ3n) is 11.8. The van der Waals surface area contributed by atoms with Crippen LogP contribution in [-0.2, 0) is 33.5 Å². The molecule has 48 heavy (non-hydrogen) atoms. The Morgan fingerprint density at radius 3 is 1.73 bits per heavy atom. The van der Waals surface area contributed by atoms with Crippen LogP contribution in [0, 0.1) is 11.3 Å². The van der Waals surface area contributed by atoms with Crippen LogP contribution in [0.3, 0.4) is 0 Å². The highest BCUT2D eigenvalue weighted by Gasteiger charge is 2.48. The predicted molar refractivity (Wildman–Crippen MR) is 193 cm³/mol. The molecule has 2 atom stereocenters. The topological polar surface area (TPSA) is 52.6 Å². The average molecular weight is 663 g/mol. The van der Waals surface area contributed by atoms with E-state index in [1.54, 1.807) is 42.0 Å². The predicted octanol–water partition coefficient (Wildman–Crippen LogP) is 10.8. The van der Waals surface area contributed by atoms with Crippen LogP contribution in [0.5, 0.6) is 17.2 Å². The van der Waals surface area contributed by atoms with Crippen molar-refractivity contribution in [1.82, 2.24) is 0 Å². The summed E-state index contributed by atoms with van der Waals surface area (Å²) in [7, 11) is -3.69. The van der Waals surface area contributed by atoms with Crippen LogP contribution in [0.15, 0.2) is 94.7 Å². The molecule has 4 aromatic rings. The van der Waals surface area contributed by atoms with E-state index >= 15 is 0 Å². The summed E-state index contributed by atoms with van der Waals surface area (Å²) >= 11 is 0. The molecule has 0 heterocycles. The van der Waals surface area contributed by atoms with Crippen molar-refractivity contribution in [2.75, 3.05) is 0 Å². The zero-order valence-electron chi connectivity index (χ0n) is 29.7. The van der Waals surface area contributed by atoms with Crippen molar-refractivity contribution in [2.45, 2.75) is 120 Å². The van der Waals surface area contributed by atoms with Crippen molar-refractivity contribution >= 4 is 9.84 Å². The molecule has 7 rings (SSSR count). The van der Waals surface area contributed by atoms with Gasteiger partial charge in [0.05, 0.1) is 9.79 Å². The Morgan fingerprint density at radius 1 is 0.729 bits per heavy atom. The van der Waals surface area contributed by atoms with E-state index in [0.717, 1.165) is 62.0 Å². The van der Waals surface area contributed by atoms with Gasteiger partial charge in [-0.25, -0.2) is 8.42 Å². The maximum Gasteiger partial charge on any atom is 0.206 e. The molecule has 1 saturated carbocycles. The van der Waals surface area contributed by atoms with E-state index in [0.29, 0.717) is 22.0 Å². The molecule has 0 aromatic heterocycles. The molecule has 0 N–H and O–H groups in total. The van der Waals surface area contributed by atoms with E-state index in [4.69, 9.17) is 9.47 Å². The van der Waals surface area contributed by atoms with E-state index in [-0.39, 0.29) is 21.3 Å². The van der Waals surface area contributed by atoms with Crippen LogP contribution in [0.1, 0.15) is 108 Å². The molecular weight excluding hydrogens is 613 g/mol. The highest BCUT2D eigenvalue weighted by Crippen LogP contribution is 2.56. The summed E-state index contributed by atoms with van der Waals surface area (Å²) in [5.41, 5.74) is 6.88. The van der Waals surface area contributed by atoms with Crippen LogP contribution < -0.4 is 9.47 Å². The van der Waals surface area contributed by atoms with Crippen LogP contribution in [0.4, 0.5) is 0 Å². The lowest BCUT2D eigenvalue weighted by Gasteiger charge is -2.51. The van der Waals surface area contributed by atoms with E-state index in [1.807, 2.05) is 12.1 Å². The molecule has 0 bridgehead atoms. The number of rotatable bonds is 10. The third-order valence-corrected chi connectivity index (χ3v) is 13.6. The van der Waals surface area contributed by atoms with E-state index in [2.05, 4.69) is 84.9 Å². The molecule has 0 saturated heterocycles. The summed E-state index contributed by atoms with van der Waals surface area (Å²) < 4.78 is 40.1. The Hall–Kier alpha value is -3.57. The van der Waals surface area contributed by atoms with Gasteiger partial charge in [-0.1, -0.05) is 65.8 Å². The van der Waals surface area contributed by atoms with E-state index in [9.17, 15) is 8.42 Å². The first-order chi connectivity index (χ1) is 22.7. The molecule has 0 radical (unpaired) electrons. The highest BCUT2D eigenvalue weighted by molar-refractivity contribution is 7.91. The second-order valence-electron chi connectivity index (χ2n) is 16.4. The molecule has 0 spiro atoms. The van der Waals surface area contributed by atoms with Gasteiger partial charge in [-0.3, -0.25) is 0 Å². The lowest BCUT2D eigenvalue weighted by Crippen LogP contribution is -2.47. The largest absolute Gasteiger partial charge is 0.488 e. The van der Waals surface area contributed by atoms with Crippen molar-refractivity contribution in [3.63, 3.8) is 0 Å². The Bertz CT molecular complexity index is 1910. The summed E-state index contributed by atoms with van der Waals surface area (Å²) in [4.78, 5) is 0.579. The normalized spacial score (nSPS) is 22.2. The van der Waals surface area contributed by atoms with Gasteiger partial charge in [0.2, 0.25) is 9.84 Å². The first-order valence-electron chi connectivity index (χ1n) is 17.8. The van der Waals surface area contributed by atoms with Gasteiger partial charge in [0.1, 0.15) is 22.8 Å². The fraction of sp³-hybridized carbons (Fsp3) is 0.442. The Kier molecular flexibility index (Phi) is 7.90. The molecule has 1 fully saturated rings. The lowest BCUT2D eigenvalue weighted by atomic mass is 9.52. The maximum absolute atomic E-state index is 13.8. The summed E-state index contributed by atoms with van der Waals surface area (Å²) in [5, 5.41) is 0. The molecule has 2 unspecified atom stereocenters. The molecule has 3 aliphatic carbocycles. The first kappa shape index (κ1) is 33.0. The van der Waals surface area contributed by atoms with Crippen molar-refractivity contribution < 1.29 is 17.9 Å². The van der Waals surface area contributed by atoms with Gasteiger partial charge in [-0.05, 0) is 152 Å². The summed E-state index contributed by atoms with van der Waals surface area (Å²) in [6, 6.07) is 27.6. The van der Waals surface area contributed by atoms with Crippen LogP contribution in [0.25, 0.3) is 0 Å². The number of benzene rings is 4. The standard InChI is InChI=1S/C43H50O4S/c1-8-42(7,9-2)47-35-16-20-38(21-17-35)48(44,45)37-18-12-33(13-19-37)43(25-29(3)24-40(4,5)28-43)32-10-14-34(15-11-32)46-36-22-30-26-41(6)27-31(23-36)39(30)41/h10-23,29H,8-9,24-28H2,1-7H3. The van der Waals surface area contributed by atoms with Crippen molar-refractivity contribution in [1.29, 1.82) is 0 Å². The number of sulfone groups is 1. The van der Waals surface area contributed by atoms with Crippen molar-refractivity contribution in [2.24, 2.45) is 11.3 Å². The van der Waals surface area contributed by atoms with E-state index in [1.165, 1.54) is 16.7 Å². The second-order valence-corrected chi connectivity index (χ2v) is 18.3. The Morgan fingerprint density at radius 2 is 1.23 bits per heavy atom. The molecule has 3 aliphatic rings. The summed E-state index contributed by atoms with van der Waals surface area (Å²) in [6.07, 6.45) is 7.21.